The fraction of sp³-hybridized carbons (Fsp3) is 0.769. The Morgan fingerprint density at radius 2 is 1.72 bits per heavy atom. The largest absolute Gasteiger partial charge is 0.459 e. The Hall–Kier alpha value is -2.46. The summed E-state index contributed by atoms with van der Waals surface area (Å²) in [7, 11) is 0. The number of unbranched alkanes of at least 4 members (excludes halogenated alkanes) is 12. The number of anilines is 1. The number of nitrogens with two attached hydrogens (primary N) is 1. The molecule has 3 rings (SSSR count). The highest BCUT2D eigenvalue weighted by atomic mass is 16.6. The number of rotatable bonds is 17. The van der Waals surface area contributed by atoms with Crippen LogP contribution >= 0.6 is 0 Å². The summed E-state index contributed by atoms with van der Waals surface area (Å²) in [6.45, 7) is 1.97. The zero-order chi connectivity index (χ0) is 25.8. The molecule has 10 heteroatoms. The van der Waals surface area contributed by atoms with Crippen molar-refractivity contribution in [1.82, 2.24) is 19.5 Å². The molecule has 10 nitrogen and oxygen atoms in total. The zero-order valence-corrected chi connectivity index (χ0v) is 21.6. The molecular weight excluding hydrogens is 462 g/mol. The van der Waals surface area contributed by atoms with E-state index >= 15 is 0 Å². The van der Waals surface area contributed by atoms with Gasteiger partial charge in [-0.1, -0.05) is 84.0 Å². The molecule has 0 saturated carbocycles. The molecule has 2 aromatic rings. The number of nitrogens with zero attached hydrogens (tertiary/aromatic N) is 3. The van der Waals surface area contributed by atoms with Crippen LogP contribution in [0.1, 0.15) is 109 Å². The van der Waals surface area contributed by atoms with Gasteiger partial charge >= 0.3 is 5.97 Å². The molecule has 202 valence electrons. The highest BCUT2D eigenvalue weighted by Crippen LogP contribution is 2.32. The molecule has 36 heavy (non-hydrogen) atoms. The number of nitrogen functional groups attached to an aromatic ring is 1. The van der Waals surface area contributed by atoms with Crippen LogP contribution in [-0.4, -0.2) is 49.4 Å². The maximum atomic E-state index is 12.4. The van der Waals surface area contributed by atoms with Crippen molar-refractivity contribution >= 4 is 23.1 Å². The minimum Gasteiger partial charge on any atom is -0.459 e. The number of aliphatic hydroxyl groups is 1. The van der Waals surface area contributed by atoms with Crippen LogP contribution in [0.2, 0.25) is 0 Å². The number of ether oxygens (including phenoxy) is 2. The van der Waals surface area contributed by atoms with Gasteiger partial charge in [-0.15, -0.1) is 0 Å². The van der Waals surface area contributed by atoms with E-state index in [2.05, 4.69) is 21.9 Å². The summed E-state index contributed by atoms with van der Waals surface area (Å²) >= 11 is 0. The summed E-state index contributed by atoms with van der Waals surface area (Å²) in [5, 5.41) is 9.73. The molecule has 1 unspecified atom stereocenters. The average molecular weight is 506 g/mol. The minimum atomic E-state index is -0.651. The number of hydrogen-bond acceptors (Lipinski definition) is 8. The third-order valence-corrected chi connectivity index (χ3v) is 6.89. The van der Waals surface area contributed by atoms with Crippen LogP contribution in [0.15, 0.2) is 11.1 Å². The van der Waals surface area contributed by atoms with Crippen molar-refractivity contribution in [2.75, 3.05) is 12.3 Å². The van der Waals surface area contributed by atoms with Gasteiger partial charge in [-0.3, -0.25) is 19.1 Å². The van der Waals surface area contributed by atoms with E-state index in [-0.39, 0.29) is 29.7 Å². The summed E-state index contributed by atoms with van der Waals surface area (Å²) in [4.78, 5) is 35.1. The van der Waals surface area contributed by atoms with E-state index in [1.807, 2.05) is 0 Å². The number of nitrogens with one attached hydrogen (secondary N) is 1. The van der Waals surface area contributed by atoms with Crippen LogP contribution in [0.3, 0.4) is 0 Å². The van der Waals surface area contributed by atoms with Crippen LogP contribution in [0.25, 0.3) is 11.2 Å². The van der Waals surface area contributed by atoms with Crippen molar-refractivity contribution < 1.29 is 19.4 Å². The summed E-state index contributed by atoms with van der Waals surface area (Å²) in [5.41, 5.74) is 5.66. The van der Waals surface area contributed by atoms with Gasteiger partial charge in [0.1, 0.15) is 18.4 Å². The zero-order valence-electron chi connectivity index (χ0n) is 21.6. The first-order valence-electron chi connectivity index (χ1n) is 13.7. The average Bonchev–Trinajstić information content (AvgIpc) is 3.45. The van der Waals surface area contributed by atoms with Gasteiger partial charge in [-0.05, 0) is 6.42 Å². The molecule has 1 saturated heterocycles. The Kier molecular flexibility index (Phi) is 11.7. The van der Waals surface area contributed by atoms with Gasteiger partial charge in [0.2, 0.25) is 5.95 Å². The molecule has 0 aromatic carbocycles. The van der Waals surface area contributed by atoms with Crippen LogP contribution in [0.5, 0.6) is 0 Å². The van der Waals surface area contributed by atoms with E-state index in [9.17, 15) is 14.7 Å². The Bertz CT molecular complexity index is 991. The van der Waals surface area contributed by atoms with Crippen molar-refractivity contribution in [3.8, 4) is 0 Å². The van der Waals surface area contributed by atoms with E-state index in [4.69, 9.17) is 15.2 Å². The molecule has 0 spiro atoms. The van der Waals surface area contributed by atoms with Gasteiger partial charge in [0, 0.05) is 12.8 Å². The van der Waals surface area contributed by atoms with Gasteiger partial charge in [0.05, 0.1) is 12.9 Å². The number of carbonyl (C=O) groups is 1. The number of carbonyl (C=O) groups excluding carboxylic acids is 1. The lowest BCUT2D eigenvalue weighted by molar-refractivity contribution is -0.153. The maximum Gasteiger partial charge on any atom is 0.306 e. The molecule has 0 aliphatic carbocycles. The third-order valence-electron chi connectivity index (χ3n) is 6.89. The normalized spacial score (nSPS) is 19.8. The second-order valence-corrected chi connectivity index (χ2v) is 9.84. The van der Waals surface area contributed by atoms with Gasteiger partial charge in [0.25, 0.3) is 5.56 Å². The van der Waals surface area contributed by atoms with Gasteiger partial charge in [0.15, 0.2) is 11.2 Å². The molecule has 3 atom stereocenters. The number of aromatic amines is 1. The molecule has 1 fully saturated rings. The standard InChI is InChI=1S/C26H43N5O5/c1-2-3-4-5-6-7-8-9-10-11-12-13-14-15-22(33)36-19-16-21(35-20(19)17-32)31-18-28-23-24(31)29-26(27)30-25(23)34/h18-21,32H,2-17H2,1H3,(H3,27,29,30,34)/t19?,20-,21-/m1/s1. The number of aromatic nitrogens is 4. The van der Waals surface area contributed by atoms with E-state index in [0.29, 0.717) is 12.8 Å². The lowest BCUT2D eigenvalue weighted by Crippen LogP contribution is -2.30. The number of esters is 1. The number of H-pyrrole nitrogens is 1. The summed E-state index contributed by atoms with van der Waals surface area (Å²) in [6, 6.07) is 0. The van der Waals surface area contributed by atoms with E-state index in [1.54, 1.807) is 4.57 Å². The molecule has 3 heterocycles. The molecule has 0 radical (unpaired) electrons. The highest BCUT2D eigenvalue weighted by Gasteiger charge is 2.39. The van der Waals surface area contributed by atoms with Crippen LogP contribution in [-0.2, 0) is 14.3 Å². The van der Waals surface area contributed by atoms with Crippen molar-refractivity contribution in [3.05, 3.63) is 16.7 Å². The molecule has 0 amide bonds. The number of aliphatic hydroxyl groups excluding tert-OH is 1. The number of fused-ring (bicyclic) bond motifs is 1. The van der Waals surface area contributed by atoms with Crippen LogP contribution in [0.4, 0.5) is 5.95 Å². The fourth-order valence-corrected chi connectivity index (χ4v) is 4.83. The summed E-state index contributed by atoms with van der Waals surface area (Å²) in [5.74, 6) is -0.299. The van der Waals surface area contributed by atoms with Crippen LogP contribution in [0, 0.1) is 0 Å². The smallest absolute Gasteiger partial charge is 0.306 e. The topological polar surface area (TPSA) is 145 Å². The second-order valence-electron chi connectivity index (χ2n) is 9.84. The molecule has 2 aromatic heterocycles. The fourth-order valence-electron chi connectivity index (χ4n) is 4.83. The quantitative estimate of drug-likeness (QED) is 0.212. The molecule has 1 aliphatic heterocycles. The number of hydrogen-bond donors (Lipinski definition) is 3. The molecule has 4 N–H and O–H groups in total. The van der Waals surface area contributed by atoms with Crippen LogP contribution < -0.4 is 11.3 Å². The van der Waals surface area contributed by atoms with Gasteiger partial charge < -0.3 is 20.3 Å². The summed E-state index contributed by atoms with van der Waals surface area (Å²) in [6.07, 6.45) is 16.6. The Labute approximate surface area is 213 Å². The monoisotopic (exact) mass is 505 g/mol. The predicted octanol–water partition coefficient (Wildman–Crippen LogP) is 4.37. The third kappa shape index (κ3) is 8.30. The van der Waals surface area contributed by atoms with Gasteiger partial charge in [-0.2, -0.15) is 4.98 Å². The molecule has 1 aliphatic rings. The minimum absolute atomic E-state index is 0.0215. The second kappa shape index (κ2) is 14.9. The van der Waals surface area contributed by atoms with Crippen molar-refractivity contribution in [3.63, 3.8) is 0 Å². The molecule has 0 bridgehead atoms. The van der Waals surface area contributed by atoms with Crippen molar-refractivity contribution in [2.45, 2.75) is 122 Å². The van der Waals surface area contributed by atoms with E-state index in [0.717, 1.165) is 19.3 Å². The Morgan fingerprint density at radius 1 is 1.11 bits per heavy atom. The molecular formula is C26H43N5O5. The maximum absolute atomic E-state index is 12.4. The first kappa shape index (κ1) is 28.1. The van der Waals surface area contributed by atoms with Crippen molar-refractivity contribution in [1.29, 1.82) is 0 Å². The van der Waals surface area contributed by atoms with E-state index < -0.39 is 24.0 Å². The lowest BCUT2D eigenvalue weighted by Gasteiger charge is -2.16. The van der Waals surface area contributed by atoms with E-state index in [1.165, 1.54) is 70.5 Å². The summed E-state index contributed by atoms with van der Waals surface area (Å²) < 4.78 is 13.1. The van der Waals surface area contributed by atoms with Crippen molar-refractivity contribution in [2.24, 2.45) is 0 Å². The Morgan fingerprint density at radius 3 is 2.33 bits per heavy atom. The highest BCUT2D eigenvalue weighted by molar-refractivity contribution is 5.71. The first-order chi connectivity index (χ1) is 17.5. The lowest BCUT2D eigenvalue weighted by atomic mass is 10.0. The first-order valence-corrected chi connectivity index (χ1v) is 13.7. The Balaban J connectivity index is 1.31. The number of imidazole rings is 1. The predicted molar refractivity (Wildman–Crippen MR) is 138 cm³/mol. The van der Waals surface area contributed by atoms with Gasteiger partial charge in [-0.25, -0.2) is 4.98 Å². The SMILES string of the molecule is CCCCCCCCCCCCCCCC(=O)OC1C[C@H](n2cnc3c(=O)[nH]c(N)nc32)O[C@@H]1CO.